The molecule has 1 fully saturated rings. The Morgan fingerprint density at radius 1 is 1.57 bits per heavy atom. The molecule has 1 heterocycles. The van der Waals surface area contributed by atoms with Crippen molar-refractivity contribution in [2.24, 2.45) is 0 Å². The zero-order valence-electron chi connectivity index (χ0n) is 8.83. The molecule has 2 unspecified atom stereocenters. The minimum atomic E-state index is -0.992. The van der Waals surface area contributed by atoms with Crippen LogP contribution < -0.4 is 0 Å². The second-order valence-corrected chi connectivity index (χ2v) is 3.55. The summed E-state index contributed by atoms with van der Waals surface area (Å²) in [5, 5.41) is 0. The van der Waals surface area contributed by atoms with Crippen LogP contribution in [0.2, 0.25) is 0 Å². The molecule has 0 amide bonds. The third-order valence-corrected chi connectivity index (χ3v) is 2.22. The molecule has 1 aliphatic rings. The predicted molar refractivity (Wildman–Crippen MR) is 50.7 cm³/mol. The van der Waals surface area contributed by atoms with Crippen molar-refractivity contribution in [1.29, 1.82) is 0 Å². The molecule has 0 aromatic carbocycles. The van der Waals surface area contributed by atoms with Crippen molar-refractivity contribution in [3.63, 3.8) is 0 Å². The van der Waals surface area contributed by atoms with E-state index in [2.05, 4.69) is 6.58 Å². The van der Waals surface area contributed by atoms with Crippen LogP contribution in [0.25, 0.3) is 0 Å². The van der Waals surface area contributed by atoms with Gasteiger partial charge in [0.2, 0.25) is 5.79 Å². The summed E-state index contributed by atoms with van der Waals surface area (Å²) >= 11 is 0. The van der Waals surface area contributed by atoms with Crippen LogP contribution in [0.4, 0.5) is 0 Å². The molecule has 1 rings (SSSR count). The van der Waals surface area contributed by atoms with Crippen molar-refractivity contribution in [3.05, 3.63) is 12.2 Å². The number of rotatable bonds is 2. The molecular weight excluding hydrogens is 184 g/mol. The lowest BCUT2D eigenvalue weighted by Crippen LogP contribution is -2.50. The molecule has 0 aromatic heterocycles. The number of hydrogen-bond donors (Lipinski definition) is 0. The van der Waals surface area contributed by atoms with E-state index in [4.69, 9.17) is 14.2 Å². The largest absolute Gasteiger partial charge is 0.427 e. The Bertz CT molecular complexity index is 249. The molecule has 0 aliphatic carbocycles. The molecule has 1 aliphatic heterocycles. The van der Waals surface area contributed by atoms with Crippen molar-refractivity contribution < 1.29 is 19.0 Å². The maximum Gasteiger partial charge on any atom is 0.335 e. The Balaban J connectivity index is 2.64. The van der Waals surface area contributed by atoms with Gasteiger partial charge in [0.15, 0.2) is 0 Å². The van der Waals surface area contributed by atoms with Crippen LogP contribution in [0.5, 0.6) is 0 Å². The van der Waals surface area contributed by atoms with Gasteiger partial charge in [0.25, 0.3) is 0 Å². The van der Waals surface area contributed by atoms with E-state index in [0.717, 1.165) is 0 Å². The highest BCUT2D eigenvalue weighted by Gasteiger charge is 2.40. The second kappa shape index (κ2) is 4.11. The fraction of sp³-hybridized carbons (Fsp3) is 0.700. The minimum Gasteiger partial charge on any atom is -0.427 e. The monoisotopic (exact) mass is 200 g/mol. The fourth-order valence-electron chi connectivity index (χ4n) is 1.12. The average Bonchev–Trinajstić information content (AvgIpc) is 2.10. The first-order chi connectivity index (χ1) is 6.46. The van der Waals surface area contributed by atoms with E-state index in [0.29, 0.717) is 18.8 Å². The van der Waals surface area contributed by atoms with Crippen LogP contribution in [0, 0.1) is 0 Å². The van der Waals surface area contributed by atoms with Crippen LogP contribution in [0.15, 0.2) is 12.2 Å². The molecule has 0 radical (unpaired) electrons. The molecule has 4 nitrogen and oxygen atoms in total. The van der Waals surface area contributed by atoms with Crippen LogP contribution in [0.3, 0.4) is 0 Å². The van der Waals surface area contributed by atoms with E-state index in [-0.39, 0.29) is 6.10 Å². The molecule has 0 spiro atoms. The Hall–Kier alpha value is -0.870. The normalized spacial score (nSPS) is 32.4. The van der Waals surface area contributed by atoms with Crippen molar-refractivity contribution in [2.45, 2.75) is 32.7 Å². The number of carbonyl (C=O) groups is 1. The summed E-state index contributed by atoms with van der Waals surface area (Å²) in [6, 6.07) is 0. The van der Waals surface area contributed by atoms with Crippen molar-refractivity contribution in [2.75, 3.05) is 13.2 Å². The first-order valence-electron chi connectivity index (χ1n) is 4.60. The Morgan fingerprint density at radius 2 is 2.21 bits per heavy atom. The first kappa shape index (κ1) is 11.2. The standard InChI is InChI=1S/C10H16O4/c1-7(2)9(11)14-10(4)8(3)12-5-6-13-10/h8H,1,5-6H2,2-4H3. The van der Waals surface area contributed by atoms with Gasteiger partial charge in [-0.1, -0.05) is 6.58 Å². The minimum absolute atomic E-state index is 0.264. The maximum absolute atomic E-state index is 11.3. The summed E-state index contributed by atoms with van der Waals surface area (Å²) in [5.74, 6) is -1.45. The highest BCUT2D eigenvalue weighted by Crippen LogP contribution is 2.24. The van der Waals surface area contributed by atoms with Gasteiger partial charge >= 0.3 is 5.97 Å². The van der Waals surface area contributed by atoms with Gasteiger partial charge in [-0.25, -0.2) is 4.79 Å². The molecule has 4 heteroatoms. The van der Waals surface area contributed by atoms with E-state index in [9.17, 15) is 4.79 Å². The lowest BCUT2D eigenvalue weighted by molar-refractivity contribution is -0.296. The van der Waals surface area contributed by atoms with E-state index >= 15 is 0 Å². The molecule has 0 N–H and O–H groups in total. The zero-order valence-corrected chi connectivity index (χ0v) is 8.83. The highest BCUT2D eigenvalue weighted by atomic mass is 16.7. The lowest BCUT2D eigenvalue weighted by Gasteiger charge is -2.38. The Kier molecular flexibility index (Phi) is 3.29. The molecule has 14 heavy (non-hydrogen) atoms. The molecule has 1 saturated heterocycles. The van der Waals surface area contributed by atoms with Crippen LogP contribution in [-0.2, 0) is 19.0 Å². The van der Waals surface area contributed by atoms with Gasteiger partial charge in [-0.2, -0.15) is 0 Å². The number of esters is 1. The summed E-state index contributed by atoms with van der Waals surface area (Å²) in [7, 11) is 0. The van der Waals surface area contributed by atoms with Crippen LogP contribution in [0.1, 0.15) is 20.8 Å². The van der Waals surface area contributed by atoms with Crippen molar-refractivity contribution >= 4 is 5.97 Å². The van der Waals surface area contributed by atoms with Gasteiger partial charge in [-0.15, -0.1) is 0 Å². The summed E-state index contributed by atoms with van der Waals surface area (Å²) < 4.78 is 15.9. The number of ether oxygens (including phenoxy) is 3. The van der Waals surface area contributed by atoms with E-state index in [1.807, 2.05) is 6.92 Å². The van der Waals surface area contributed by atoms with Gasteiger partial charge in [0.1, 0.15) is 6.10 Å². The molecule has 0 aromatic rings. The van der Waals surface area contributed by atoms with E-state index in [1.165, 1.54) is 0 Å². The van der Waals surface area contributed by atoms with Crippen LogP contribution >= 0.6 is 0 Å². The molecule has 80 valence electrons. The summed E-state index contributed by atoms with van der Waals surface area (Å²) in [6.07, 6.45) is -0.264. The Labute approximate surface area is 83.8 Å². The molecule has 0 bridgehead atoms. The first-order valence-corrected chi connectivity index (χ1v) is 4.60. The smallest absolute Gasteiger partial charge is 0.335 e. The quantitative estimate of drug-likeness (QED) is 0.497. The van der Waals surface area contributed by atoms with Gasteiger partial charge in [0.05, 0.1) is 13.2 Å². The fourth-order valence-corrected chi connectivity index (χ4v) is 1.12. The van der Waals surface area contributed by atoms with Gasteiger partial charge in [-0.05, 0) is 13.8 Å². The topological polar surface area (TPSA) is 44.8 Å². The van der Waals surface area contributed by atoms with E-state index in [1.54, 1.807) is 13.8 Å². The third kappa shape index (κ3) is 2.33. The van der Waals surface area contributed by atoms with Gasteiger partial charge in [0, 0.05) is 12.5 Å². The number of carbonyl (C=O) groups excluding carboxylic acids is 1. The maximum atomic E-state index is 11.3. The van der Waals surface area contributed by atoms with Crippen molar-refractivity contribution in [1.82, 2.24) is 0 Å². The van der Waals surface area contributed by atoms with Crippen molar-refractivity contribution in [3.8, 4) is 0 Å². The second-order valence-electron chi connectivity index (χ2n) is 3.55. The Morgan fingerprint density at radius 3 is 2.71 bits per heavy atom. The summed E-state index contributed by atoms with van der Waals surface area (Å²) in [4.78, 5) is 11.3. The zero-order chi connectivity index (χ0) is 10.8. The van der Waals surface area contributed by atoms with Gasteiger partial charge < -0.3 is 14.2 Å². The third-order valence-electron chi connectivity index (χ3n) is 2.22. The number of hydrogen-bond acceptors (Lipinski definition) is 4. The average molecular weight is 200 g/mol. The van der Waals surface area contributed by atoms with E-state index < -0.39 is 11.8 Å². The highest BCUT2D eigenvalue weighted by molar-refractivity contribution is 5.87. The molecule has 0 saturated carbocycles. The lowest BCUT2D eigenvalue weighted by atomic mass is 10.1. The van der Waals surface area contributed by atoms with Gasteiger partial charge in [-0.3, -0.25) is 0 Å². The summed E-state index contributed by atoms with van der Waals surface area (Å²) in [6.45, 7) is 9.57. The van der Waals surface area contributed by atoms with Crippen LogP contribution in [-0.4, -0.2) is 31.1 Å². The molecule has 2 atom stereocenters. The predicted octanol–water partition coefficient (Wildman–Crippen LogP) is 1.26. The molecular formula is C10H16O4. The SMILES string of the molecule is C=C(C)C(=O)OC1(C)OCCOC1C. The summed E-state index contributed by atoms with van der Waals surface area (Å²) in [5.41, 5.74) is 0.354.